The van der Waals surface area contributed by atoms with Gasteiger partial charge >= 0.3 is 6.61 Å². The van der Waals surface area contributed by atoms with Crippen LogP contribution in [0.2, 0.25) is 0 Å². The molecule has 0 aliphatic rings. The van der Waals surface area contributed by atoms with Gasteiger partial charge in [0.15, 0.2) is 11.5 Å². The van der Waals surface area contributed by atoms with Crippen LogP contribution >= 0.6 is 0 Å². The van der Waals surface area contributed by atoms with Crippen molar-refractivity contribution in [3.05, 3.63) is 29.8 Å². The molecule has 1 rings (SSSR count). The van der Waals surface area contributed by atoms with Gasteiger partial charge in [0.1, 0.15) is 0 Å². The number of rotatable bonds is 8. The van der Waals surface area contributed by atoms with E-state index in [1.165, 1.54) is 25.3 Å². The van der Waals surface area contributed by atoms with Crippen molar-refractivity contribution in [2.45, 2.75) is 39.3 Å². The molecule has 122 valence electrons. The molecule has 0 aliphatic carbocycles. The van der Waals surface area contributed by atoms with Crippen LogP contribution in [0.5, 0.6) is 11.5 Å². The molecule has 0 heterocycles. The molecule has 1 unspecified atom stereocenters. The molecule has 6 heteroatoms. The number of benzene rings is 1. The molecule has 0 radical (unpaired) electrons. The number of carbonyl (C=O) groups excluding carboxylic acids is 1. The highest BCUT2D eigenvalue weighted by Gasteiger charge is 2.10. The minimum Gasteiger partial charge on any atom is -0.493 e. The molecule has 1 aromatic rings. The maximum atomic E-state index is 12.2. The number of ether oxygens (including phenoxy) is 2. The van der Waals surface area contributed by atoms with Gasteiger partial charge in [0, 0.05) is 12.1 Å². The van der Waals surface area contributed by atoms with Gasteiger partial charge in [-0.2, -0.15) is 8.78 Å². The fourth-order valence-corrected chi connectivity index (χ4v) is 1.95. The highest BCUT2D eigenvalue weighted by molar-refractivity contribution is 5.91. The second-order valence-electron chi connectivity index (χ2n) is 4.82. The Kier molecular flexibility index (Phi) is 7.36. The summed E-state index contributed by atoms with van der Waals surface area (Å²) >= 11 is 0. The quantitative estimate of drug-likeness (QED) is 0.746. The highest BCUT2D eigenvalue weighted by atomic mass is 19.3. The Morgan fingerprint density at radius 1 is 1.36 bits per heavy atom. The van der Waals surface area contributed by atoms with Crippen molar-refractivity contribution in [3.63, 3.8) is 0 Å². The first-order valence-corrected chi connectivity index (χ1v) is 7.07. The van der Waals surface area contributed by atoms with Crippen molar-refractivity contribution in [3.8, 4) is 11.5 Å². The van der Waals surface area contributed by atoms with E-state index in [0.717, 1.165) is 12.8 Å². The summed E-state index contributed by atoms with van der Waals surface area (Å²) < 4.78 is 33.8. The maximum Gasteiger partial charge on any atom is 0.387 e. The van der Waals surface area contributed by atoms with E-state index in [4.69, 9.17) is 4.74 Å². The zero-order valence-corrected chi connectivity index (χ0v) is 12.9. The van der Waals surface area contributed by atoms with E-state index < -0.39 is 6.61 Å². The molecule has 0 aromatic heterocycles. The van der Waals surface area contributed by atoms with Crippen molar-refractivity contribution < 1.29 is 23.0 Å². The normalized spacial score (nSPS) is 12.5. The molecule has 0 spiro atoms. The molecule has 0 fully saturated rings. The second kappa shape index (κ2) is 9.02. The van der Waals surface area contributed by atoms with E-state index in [1.54, 1.807) is 12.1 Å². The van der Waals surface area contributed by atoms with Gasteiger partial charge in [0.2, 0.25) is 5.91 Å². The van der Waals surface area contributed by atoms with Crippen molar-refractivity contribution in [2.75, 3.05) is 7.11 Å². The van der Waals surface area contributed by atoms with Crippen LogP contribution < -0.4 is 14.8 Å². The van der Waals surface area contributed by atoms with Crippen molar-refractivity contribution in [2.24, 2.45) is 0 Å². The Bertz CT molecular complexity index is 518. The average Bonchev–Trinajstić information content (AvgIpc) is 2.45. The zero-order valence-electron chi connectivity index (χ0n) is 12.9. The summed E-state index contributed by atoms with van der Waals surface area (Å²) in [6.07, 6.45) is 4.89. The molecule has 22 heavy (non-hydrogen) atoms. The predicted molar refractivity (Wildman–Crippen MR) is 81.2 cm³/mol. The van der Waals surface area contributed by atoms with E-state index in [1.807, 2.05) is 13.8 Å². The first-order valence-electron chi connectivity index (χ1n) is 7.07. The lowest BCUT2D eigenvalue weighted by Crippen LogP contribution is -2.30. The molecular weight excluding hydrogens is 292 g/mol. The average molecular weight is 313 g/mol. The topological polar surface area (TPSA) is 47.6 Å². The van der Waals surface area contributed by atoms with Crippen LogP contribution in [0.25, 0.3) is 6.08 Å². The van der Waals surface area contributed by atoms with Crippen LogP contribution in [0.4, 0.5) is 8.78 Å². The van der Waals surface area contributed by atoms with Crippen LogP contribution in [0, 0.1) is 0 Å². The lowest BCUT2D eigenvalue weighted by atomic mass is 10.1. The molecule has 4 nitrogen and oxygen atoms in total. The van der Waals surface area contributed by atoms with Gasteiger partial charge in [-0.25, -0.2) is 0 Å². The van der Waals surface area contributed by atoms with Crippen LogP contribution in [-0.4, -0.2) is 25.7 Å². The molecular formula is C16H21F2NO3. The zero-order chi connectivity index (χ0) is 16.5. The van der Waals surface area contributed by atoms with Crippen molar-refractivity contribution in [1.82, 2.24) is 5.32 Å². The van der Waals surface area contributed by atoms with E-state index in [9.17, 15) is 13.6 Å². The number of carbonyl (C=O) groups is 1. The number of nitrogens with one attached hydrogen (secondary N) is 1. The summed E-state index contributed by atoms with van der Waals surface area (Å²) in [6, 6.07) is 4.58. The Labute approximate surface area is 129 Å². The molecule has 0 bridgehead atoms. The SMILES string of the molecule is CCCC(C)NC(=O)/C=C/c1ccc(OC(F)F)c(OC)c1. The van der Waals surface area contributed by atoms with Gasteiger partial charge < -0.3 is 14.8 Å². The minimum absolute atomic E-state index is 0.0457. The first kappa shape index (κ1) is 17.9. The smallest absolute Gasteiger partial charge is 0.387 e. The minimum atomic E-state index is -2.92. The predicted octanol–water partition coefficient (Wildman–Crippen LogP) is 3.61. The Morgan fingerprint density at radius 2 is 2.09 bits per heavy atom. The Morgan fingerprint density at radius 3 is 2.68 bits per heavy atom. The van der Waals surface area contributed by atoms with E-state index >= 15 is 0 Å². The third-order valence-corrected chi connectivity index (χ3v) is 2.94. The molecule has 1 N–H and O–H groups in total. The molecule has 1 aromatic carbocycles. The number of hydrogen-bond acceptors (Lipinski definition) is 3. The Hall–Kier alpha value is -2.11. The number of halogens is 2. The highest BCUT2D eigenvalue weighted by Crippen LogP contribution is 2.29. The summed E-state index contributed by atoms with van der Waals surface area (Å²) in [5.41, 5.74) is 0.650. The third kappa shape index (κ3) is 6.11. The van der Waals surface area contributed by atoms with Gasteiger partial charge in [0.25, 0.3) is 0 Å². The monoisotopic (exact) mass is 313 g/mol. The fourth-order valence-electron chi connectivity index (χ4n) is 1.95. The lowest BCUT2D eigenvalue weighted by Gasteiger charge is -2.11. The molecule has 0 saturated carbocycles. The van der Waals surface area contributed by atoms with E-state index in [2.05, 4.69) is 10.1 Å². The number of hydrogen-bond donors (Lipinski definition) is 1. The fraction of sp³-hybridized carbons (Fsp3) is 0.438. The van der Waals surface area contributed by atoms with Crippen molar-refractivity contribution in [1.29, 1.82) is 0 Å². The maximum absolute atomic E-state index is 12.2. The van der Waals surface area contributed by atoms with Crippen LogP contribution in [0.3, 0.4) is 0 Å². The van der Waals surface area contributed by atoms with Crippen LogP contribution in [0.15, 0.2) is 24.3 Å². The summed E-state index contributed by atoms with van der Waals surface area (Å²) in [4.78, 5) is 11.7. The summed E-state index contributed by atoms with van der Waals surface area (Å²) in [5, 5.41) is 2.84. The number of methoxy groups -OCH3 is 1. The van der Waals surface area contributed by atoms with Gasteiger partial charge in [-0.1, -0.05) is 19.4 Å². The first-order chi connectivity index (χ1) is 10.5. The summed E-state index contributed by atoms with van der Waals surface area (Å²) in [6.45, 7) is 1.07. The van der Waals surface area contributed by atoms with Gasteiger partial charge in [-0.05, 0) is 37.1 Å². The second-order valence-corrected chi connectivity index (χ2v) is 4.82. The molecule has 1 amide bonds. The Balaban J connectivity index is 2.73. The van der Waals surface area contributed by atoms with Gasteiger partial charge in [0.05, 0.1) is 7.11 Å². The molecule has 0 aliphatic heterocycles. The summed E-state index contributed by atoms with van der Waals surface area (Å²) in [7, 11) is 1.36. The summed E-state index contributed by atoms with van der Waals surface area (Å²) in [5.74, 6) is -0.0642. The van der Waals surface area contributed by atoms with Crippen LogP contribution in [-0.2, 0) is 4.79 Å². The molecule has 1 atom stereocenters. The van der Waals surface area contributed by atoms with Gasteiger partial charge in [-0.3, -0.25) is 4.79 Å². The van der Waals surface area contributed by atoms with E-state index in [-0.39, 0.29) is 23.4 Å². The number of alkyl halides is 2. The van der Waals surface area contributed by atoms with Gasteiger partial charge in [-0.15, -0.1) is 0 Å². The van der Waals surface area contributed by atoms with Crippen molar-refractivity contribution >= 4 is 12.0 Å². The standard InChI is InChI=1S/C16H21F2NO3/c1-4-5-11(2)19-15(20)9-7-12-6-8-13(22-16(17)18)14(10-12)21-3/h6-11,16H,4-5H2,1-3H3,(H,19,20)/b9-7+. The third-order valence-electron chi connectivity index (χ3n) is 2.94. The van der Waals surface area contributed by atoms with E-state index in [0.29, 0.717) is 5.56 Å². The molecule has 0 saturated heterocycles. The lowest BCUT2D eigenvalue weighted by molar-refractivity contribution is -0.117. The largest absolute Gasteiger partial charge is 0.493 e. The van der Waals surface area contributed by atoms with Crippen LogP contribution in [0.1, 0.15) is 32.3 Å². The number of amides is 1.